The summed E-state index contributed by atoms with van der Waals surface area (Å²) in [5.41, 5.74) is 1.71. The number of aliphatic hydroxyl groups excluding tert-OH is 1. The monoisotopic (exact) mass is 331 g/mol. The van der Waals surface area contributed by atoms with Gasteiger partial charge in [-0.05, 0) is 45.2 Å². The fraction of sp³-hybridized carbons (Fsp3) is 0.529. The summed E-state index contributed by atoms with van der Waals surface area (Å²) in [5, 5.41) is 13.8. The molecule has 3 rings (SSSR count). The zero-order valence-electron chi connectivity index (χ0n) is 14.5. The van der Waals surface area contributed by atoms with Crippen LogP contribution in [0.3, 0.4) is 0 Å². The fourth-order valence-corrected chi connectivity index (χ4v) is 2.87. The van der Waals surface area contributed by atoms with Crippen molar-refractivity contribution in [2.75, 3.05) is 38.1 Å². The molecule has 0 spiro atoms. The van der Waals surface area contributed by atoms with E-state index in [0.29, 0.717) is 0 Å². The molecule has 2 heterocycles. The number of nitrogens with zero attached hydrogens (tertiary/aromatic N) is 5. The second-order valence-electron chi connectivity index (χ2n) is 6.52. The molecule has 2 aromatic rings. The van der Waals surface area contributed by atoms with Crippen LogP contribution in [-0.2, 0) is 0 Å². The average molecular weight is 331 g/mol. The number of hydrogen-bond donors (Lipinski definition) is 1. The highest BCUT2D eigenvalue weighted by Crippen LogP contribution is 2.18. The highest BCUT2D eigenvalue weighted by molar-refractivity contribution is 5.51. The summed E-state index contributed by atoms with van der Waals surface area (Å²) >= 11 is 0. The predicted molar refractivity (Wildman–Crippen MR) is 93.9 cm³/mol. The van der Waals surface area contributed by atoms with Gasteiger partial charge in [-0.2, -0.15) is 5.10 Å². The second kappa shape index (κ2) is 6.78. The molecule has 0 aliphatic carbocycles. The summed E-state index contributed by atoms with van der Waals surface area (Å²) in [4.78, 5) is 17.1. The molecule has 1 aromatic carbocycles. The third kappa shape index (κ3) is 3.22. The molecule has 0 saturated carbocycles. The summed E-state index contributed by atoms with van der Waals surface area (Å²) in [6.07, 6.45) is 0.872. The highest BCUT2D eigenvalue weighted by Gasteiger charge is 2.18. The standard InChI is InChI=1S/C17H25N5O2/c1-13(14(2)23)22-17(24)21(12-18-22)16-6-4-15(5-7-16)20-10-8-19(3)9-11-20/h4-7,12-14,23H,8-11H2,1-3H3. The normalized spacial score (nSPS) is 18.6. The SMILES string of the molecule is CC(O)C(C)n1ncn(-c2ccc(N3CCN(C)CC3)cc2)c1=O. The van der Waals surface area contributed by atoms with Crippen molar-refractivity contribution in [3.05, 3.63) is 41.1 Å². The maximum Gasteiger partial charge on any atom is 0.350 e. The van der Waals surface area contributed by atoms with Gasteiger partial charge in [0.15, 0.2) is 0 Å². The Morgan fingerprint density at radius 1 is 1.04 bits per heavy atom. The van der Waals surface area contributed by atoms with Gasteiger partial charge in [-0.25, -0.2) is 14.0 Å². The average Bonchev–Trinajstić information content (AvgIpc) is 2.96. The van der Waals surface area contributed by atoms with Gasteiger partial charge in [-0.15, -0.1) is 0 Å². The van der Waals surface area contributed by atoms with E-state index in [4.69, 9.17) is 0 Å². The third-order valence-electron chi connectivity index (χ3n) is 4.77. The molecule has 2 atom stereocenters. The summed E-state index contributed by atoms with van der Waals surface area (Å²) < 4.78 is 2.83. The predicted octanol–water partition coefficient (Wildman–Crippen LogP) is 0.728. The first kappa shape index (κ1) is 16.7. The van der Waals surface area contributed by atoms with Crippen molar-refractivity contribution in [2.24, 2.45) is 0 Å². The molecule has 2 unspecified atom stereocenters. The number of piperazine rings is 1. The molecule has 7 nitrogen and oxygen atoms in total. The van der Waals surface area contributed by atoms with Gasteiger partial charge in [-0.3, -0.25) is 0 Å². The van der Waals surface area contributed by atoms with Crippen molar-refractivity contribution in [3.8, 4) is 5.69 Å². The van der Waals surface area contributed by atoms with E-state index in [-0.39, 0.29) is 11.7 Å². The fourth-order valence-electron chi connectivity index (χ4n) is 2.87. The zero-order chi connectivity index (χ0) is 17.3. The molecular formula is C17H25N5O2. The van der Waals surface area contributed by atoms with Crippen molar-refractivity contribution >= 4 is 5.69 Å². The number of rotatable bonds is 4. The number of hydrogen-bond acceptors (Lipinski definition) is 5. The number of likely N-dealkylation sites (N-methyl/N-ethyl adjacent to an activating group) is 1. The first-order chi connectivity index (χ1) is 11.5. The number of aromatic nitrogens is 3. The molecule has 130 valence electrons. The van der Waals surface area contributed by atoms with E-state index < -0.39 is 6.10 Å². The minimum Gasteiger partial charge on any atom is -0.391 e. The number of aliphatic hydroxyl groups is 1. The summed E-state index contributed by atoms with van der Waals surface area (Å²) in [7, 11) is 2.14. The van der Waals surface area contributed by atoms with Gasteiger partial charge in [0.2, 0.25) is 0 Å². The van der Waals surface area contributed by atoms with Crippen LogP contribution in [0.1, 0.15) is 19.9 Å². The highest BCUT2D eigenvalue weighted by atomic mass is 16.3. The smallest absolute Gasteiger partial charge is 0.350 e. The minimum atomic E-state index is -0.634. The molecule has 1 fully saturated rings. The van der Waals surface area contributed by atoms with Crippen molar-refractivity contribution in [1.82, 2.24) is 19.2 Å². The molecule has 1 aliphatic heterocycles. The van der Waals surface area contributed by atoms with Gasteiger partial charge < -0.3 is 14.9 Å². The van der Waals surface area contributed by atoms with Crippen molar-refractivity contribution in [3.63, 3.8) is 0 Å². The Kier molecular flexibility index (Phi) is 4.73. The quantitative estimate of drug-likeness (QED) is 0.895. The largest absolute Gasteiger partial charge is 0.391 e. The summed E-state index contributed by atoms with van der Waals surface area (Å²) in [6.45, 7) is 7.58. The molecule has 0 bridgehead atoms. The van der Waals surface area contributed by atoms with E-state index in [2.05, 4.69) is 21.9 Å². The van der Waals surface area contributed by atoms with Gasteiger partial charge in [0.25, 0.3) is 0 Å². The Balaban J connectivity index is 1.80. The number of benzene rings is 1. The lowest BCUT2D eigenvalue weighted by Crippen LogP contribution is -2.44. The molecule has 1 N–H and O–H groups in total. The molecule has 0 amide bonds. The van der Waals surface area contributed by atoms with Crippen LogP contribution in [0.4, 0.5) is 5.69 Å². The maximum atomic E-state index is 12.5. The van der Waals surface area contributed by atoms with Crippen LogP contribution in [0.25, 0.3) is 5.69 Å². The lowest BCUT2D eigenvalue weighted by molar-refractivity contribution is 0.130. The van der Waals surface area contributed by atoms with E-state index >= 15 is 0 Å². The van der Waals surface area contributed by atoms with Crippen LogP contribution < -0.4 is 10.6 Å². The Labute approximate surface area is 141 Å². The zero-order valence-corrected chi connectivity index (χ0v) is 14.5. The van der Waals surface area contributed by atoms with Crippen LogP contribution in [-0.4, -0.2) is 63.7 Å². The molecule has 0 radical (unpaired) electrons. The molecular weight excluding hydrogens is 306 g/mol. The lowest BCUT2D eigenvalue weighted by Gasteiger charge is -2.34. The van der Waals surface area contributed by atoms with Gasteiger partial charge in [0.1, 0.15) is 6.33 Å². The molecule has 1 aliphatic rings. The van der Waals surface area contributed by atoms with Crippen LogP contribution in [0.2, 0.25) is 0 Å². The van der Waals surface area contributed by atoms with Crippen LogP contribution >= 0.6 is 0 Å². The Hall–Kier alpha value is -2.12. The van der Waals surface area contributed by atoms with E-state index in [1.165, 1.54) is 21.3 Å². The molecule has 7 heteroatoms. The topological polar surface area (TPSA) is 66.5 Å². The van der Waals surface area contributed by atoms with Gasteiger partial charge in [0, 0.05) is 31.9 Å². The van der Waals surface area contributed by atoms with Crippen LogP contribution in [0, 0.1) is 0 Å². The molecule has 1 aromatic heterocycles. The maximum absolute atomic E-state index is 12.5. The Morgan fingerprint density at radius 2 is 1.62 bits per heavy atom. The van der Waals surface area contributed by atoms with Crippen molar-refractivity contribution < 1.29 is 5.11 Å². The van der Waals surface area contributed by atoms with E-state index in [0.717, 1.165) is 31.9 Å². The molecule has 24 heavy (non-hydrogen) atoms. The van der Waals surface area contributed by atoms with Gasteiger partial charge >= 0.3 is 5.69 Å². The third-order valence-corrected chi connectivity index (χ3v) is 4.77. The Bertz CT molecular complexity index is 726. The second-order valence-corrected chi connectivity index (χ2v) is 6.52. The first-order valence-corrected chi connectivity index (χ1v) is 8.35. The van der Waals surface area contributed by atoms with Crippen molar-refractivity contribution in [2.45, 2.75) is 26.0 Å². The number of anilines is 1. The van der Waals surface area contributed by atoms with Crippen LogP contribution in [0.5, 0.6) is 0 Å². The first-order valence-electron chi connectivity index (χ1n) is 8.35. The lowest BCUT2D eigenvalue weighted by atomic mass is 10.2. The Morgan fingerprint density at radius 3 is 2.21 bits per heavy atom. The van der Waals surface area contributed by atoms with Gasteiger partial charge in [0.05, 0.1) is 17.8 Å². The van der Waals surface area contributed by atoms with Gasteiger partial charge in [-0.1, -0.05) is 0 Å². The molecule has 1 saturated heterocycles. The van der Waals surface area contributed by atoms with E-state index in [1.54, 1.807) is 13.8 Å². The summed E-state index contributed by atoms with van der Waals surface area (Å²) in [6, 6.07) is 7.61. The van der Waals surface area contributed by atoms with Crippen molar-refractivity contribution in [1.29, 1.82) is 0 Å². The van der Waals surface area contributed by atoms with E-state index in [1.807, 2.05) is 24.3 Å². The summed E-state index contributed by atoms with van der Waals surface area (Å²) in [5.74, 6) is 0. The van der Waals surface area contributed by atoms with E-state index in [9.17, 15) is 9.90 Å². The minimum absolute atomic E-state index is 0.240. The van der Waals surface area contributed by atoms with Crippen LogP contribution in [0.15, 0.2) is 35.4 Å².